The van der Waals surface area contributed by atoms with Crippen LogP contribution in [0.15, 0.2) is 58.5 Å². The summed E-state index contributed by atoms with van der Waals surface area (Å²) in [6.07, 6.45) is 3.29. The zero-order valence-corrected chi connectivity index (χ0v) is 24.9. The molecule has 0 fully saturated rings. The highest BCUT2D eigenvalue weighted by molar-refractivity contribution is 6.23. The predicted molar refractivity (Wildman–Crippen MR) is 154 cm³/mol. The maximum absolute atomic E-state index is 13.5. The Balaban J connectivity index is 2.61. The molecule has 12 heteroatoms. The number of methoxy groups -OCH3 is 2. The molecular formula is C30H42FN3O8. The summed E-state index contributed by atoms with van der Waals surface area (Å²) in [4.78, 5) is 51.1. The lowest BCUT2D eigenvalue weighted by atomic mass is 9.85. The fourth-order valence-electron chi connectivity index (χ4n) is 4.95. The molecule has 11 nitrogen and oxygen atoms in total. The Bertz CT molecular complexity index is 1190. The second kappa shape index (κ2) is 16.1. The topological polar surface area (TPSA) is 166 Å². The molecule has 0 saturated carbocycles. The van der Waals surface area contributed by atoms with Gasteiger partial charge in [-0.1, -0.05) is 38.2 Å². The van der Waals surface area contributed by atoms with E-state index in [1.54, 1.807) is 26.0 Å². The van der Waals surface area contributed by atoms with Crippen molar-refractivity contribution < 1.29 is 42.9 Å². The lowest BCUT2D eigenvalue weighted by Gasteiger charge is -2.30. The first-order valence-electron chi connectivity index (χ1n) is 13.7. The number of hydrogen-bond acceptors (Lipinski definition) is 9. The molecule has 1 heterocycles. The first kappa shape index (κ1) is 34.6. The number of rotatable bonds is 6. The monoisotopic (exact) mass is 591 g/mol. The maximum Gasteiger partial charge on any atom is 0.405 e. The zero-order chi connectivity index (χ0) is 31.6. The van der Waals surface area contributed by atoms with Crippen LogP contribution in [0, 0.1) is 11.8 Å². The normalized spacial score (nSPS) is 31.7. The number of primary amides is 1. The van der Waals surface area contributed by atoms with E-state index < -0.39 is 60.6 Å². The summed E-state index contributed by atoms with van der Waals surface area (Å²) in [7, 11) is 2.87. The second-order valence-electron chi connectivity index (χ2n) is 10.5. The van der Waals surface area contributed by atoms with Gasteiger partial charge in [0.1, 0.15) is 12.8 Å². The van der Waals surface area contributed by atoms with Crippen LogP contribution in [0.1, 0.15) is 40.5 Å². The lowest BCUT2D eigenvalue weighted by Crippen LogP contribution is -2.38. The van der Waals surface area contributed by atoms with Crippen molar-refractivity contribution in [2.75, 3.05) is 27.4 Å². The van der Waals surface area contributed by atoms with Gasteiger partial charge in [0.05, 0.1) is 23.6 Å². The summed E-state index contributed by atoms with van der Waals surface area (Å²) in [6.45, 7) is 5.92. The number of halogens is 1. The molecule has 0 unspecified atom stereocenters. The number of allylic oxidation sites excluding steroid dienone is 4. The van der Waals surface area contributed by atoms with Crippen LogP contribution in [-0.4, -0.2) is 80.5 Å². The lowest BCUT2D eigenvalue weighted by molar-refractivity contribution is -0.120. The molecule has 1 aliphatic heterocycles. The SMILES string of the molecule is CO[C@H]1C[C@H](C)CC2=C(NCCF)C(=O)C=C(NC(=O)/C(C)=C\C=C\[C@@H](OC)[C@@H](OC(N)=O)/C(C)=C/[C@H](C)[C@H]1O)C2=O. The minimum Gasteiger partial charge on any atom is -0.439 e. The summed E-state index contributed by atoms with van der Waals surface area (Å²) in [5, 5.41) is 16.4. The van der Waals surface area contributed by atoms with Gasteiger partial charge in [0.25, 0.3) is 5.91 Å². The molecule has 0 aromatic heterocycles. The third kappa shape index (κ3) is 9.20. The molecule has 42 heavy (non-hydrogen) atoms. The molecule has 6 atom stereocenters. The molecule has 2 amide bonds. The summed E-state index contributed by atoms with van der Waals surface area (Å²) < 4.78 is 29.4. The van der Waals surface area contributed by atoms with Crippen LogP contribution >= 0.6 is 0 Å². The molecule has 2 rings (SSSR count). The van der Waals surface area contributed by atoms with Gasteiger partial charge in [0.15, 0.2) is 6.10 Å². The molecule has 5 N–H and O–H groups in total. The second-order valence-corrected chi connectivity index (χ2v) is 10.5. The first-order valence-corrected chi connectivity index (χ1v) is 13.7. The average molecular weight is 592 g/mol. The van der Waals surface area contributed by atoms with Crippen molar-refractivity contribution in [3.8, 4) is 0 Å². The number of Topliss-reactive ketones (excluding diaryl/α,β-unsaturated/α-hetero) is 1. The van der Waals surface area contributed by atoms with Crippen molar-refractivity contribution in [3.63, 3.8) is 0 Å². The minimum atomic E-state index is -1.02. The smallest absolute Gasteiger partial charge is 0.405 e. The number of fused-ring (bicyclic) bond motifs is 2. The number of aliphatic hydroxyl groups is 1. The largest absolute Gasteiger partial charge is 0.439 e. The third-order valence-corrected chi connectivity index (χ3v) is 7.19. The molecule has 1 aliphatic carbocycles. The minimum absolute atomic E-state index is 0.0175. The average Bonchev–Trinajstić information content (AvgIpc) is 2.94. The summed E-state index contributed by atoms with van der Waals surface area (Å²) in [5.41, 5.74) is 5.99. The van der Waals surface area contributed by atoms with Crippen LogP contribution in [0.3, 0.4) is 0 Å². The molecular weight excluding hydrogens is 549 g/mol. The van der Waals surface area contributed by atoms with Crippen molar-refractivity contribution in [3.05, 3.63) is 58.5 Å². The van der Waals surface area contributed by atoms with Crippen molar-refractivity contribution in [2.24, 2.45) is 17.6 Å². The summed E-state index contributed by atoms with van der Waals surface area (Å²) in [5.74, 6) is -2.49. The van der Waals surface area contributed by atoms with Crippen LogP contribution in [0.4, 0.5) is 9.18 Å². The van der Waals surface area contributed by atoms with E-state index >= 15 is 0 Å². The first-order chi connectivity index (χ1) is 19.8. The molecule has 2 bridgehead atoms. The highest BCUT2D eigenvalue weighted by atomic mass is 19.1. The van der Waals surface area contributed by atoms with E-state index in [0.717, 1.165) is 6.08 Å². The highest BCUT2D eigenvalue weighted by Gasteiger charge is 2.33. The molecule has 2 aliphatic rings. The van der Waals surface area contributed by atoms with Gasteiger partial charge in [-0.3, -0.25) is 14.4 Å². The number of alkyl halides is 1. The fourth-order valence-corrected chi connectivity index (χ4v) is 4.95. The van der Waals surface area contributed by atoms with Crippen LogP contribution in [0.2, 0.25) is 0 Å². The van der Waals surface area contributed by atoms with Gasteiger partial charge in [-0.2, -0.15) is 0 Å². The Labute approximate surface area is 245 Å². The Hall–Kier alpha value is -3.61. The van der Waals surface area contributed by atoms with Gasteiger partial charge in [0.2, 0.25) is 11.6 Å². The van der Waals surface area contributed by atoms with Crippen molar-refractivity contribution >= 4 is 23.6 Å². The van der Waals surface area contributed by atoms with Crippen molar-refractivity contribution in [1.29, 1.82) is 0 Å². The van der Waals surface area contributed by atoms with Gasteiger partial charge in [-0.05, 0) is 38.2 Å². The molecule has 0 radical (unpaired) electrons. The number of ketones is 2. The standard InChI is InChI=1S/C30H42FN3O8/c1-16-12-20-25(33-11-10-31)22(35)15-21(27(20)37)34-29(38)17(2)8-7-9-23(40-5)28(42-30(32)39)19(4)14-18(3)26(36)24(13-16)41-6/h7-9,14-16,18,23-24,26,28,33,36H,10-13H2,1-6H3,(H2,32,39)(H,34,38)/b9-7+,17-8-,19-14+/t16-,18+,23-,24+,26-,28+/m1/s1. The highest BCUT2D eigenvalue weighted by Crippen LogP contribution is 2.28. The number of carbonyl (C=O) groups is 4. The number of nitrogens with one attached hydrogen (secondary N) is 2. The van der Waals surface area contributed by atoms with Crippen LogP contribution in [0.5, 0.6) is 0 Å². The van der Waals surface area contributed by atoms with E-state index in [4.69, 9.17) is 19.9 Å². The molecule has 232 valence electrons. The Morgan fingerprint density at radius 3 is 2.48 bits per heavy atom. The molecule has 0 aromatic carbocycles. The van der Waals surface area contributed by atoms with Crippen LogP contribution in [-0.2, 0) is 28.6 Å². The number of ether oxygens (including phenoxy) is 3. The Kier molecular flexibility index (Phi) is 13.3. The number of carbonyl (C=O) groups excluding carboxylic acids is 4. The fraction of sp³-hybridized carbons (Fsp3) is 0.533. The van der Waals surface area contributed by atoms with E-state index in [9.17, 15) is 28.7 Å². The maximum atomic E-state index is 13.5. The van der Waals surface area contributed by atoms with Crippen LogP contribution < -0.4 is 16.4 Å². The van der Waals surface area contributed by atoms with E-state index in [1.807, 2.05) is 6.92 Å². The number of nitrogens with two attached hydrogens (primary N) is 1. The Morgan fingerprint density at radius 2 is 1.88 bits per heavy atom. The van der Waals surface area contributed by atoms with Crippen LogP contribution in [0.25, 0.3) is 0 Å². The number of amides is 2. The van der Waals surface area contributed by atoms with Gasteiger partial charge < -0.3 is 35.7 Å². The van der Waals surface area contributed by atoms with E-state index in [1.165, 1.54) is 33.3 Å². The quantitative estimate of drug-likeness (QED) is 0.268. The van der Waals surface area contributed by atoms with E-state index in [2.05, 4.69) is 10.6 Å². The Morgan fingerprint density at radius 1 is 1.19 bits per heavy atom. The van der Waals surface area contributed by atoms with Gasteiger partial charge in [-0.25, -0.2) is 9.18 Å². The molecule has 0 spiro atoms. The van der Waals surface area contributed by atoms with E-state index in [0.29, 0.717) is 12.0 Å². The predicted octanol–water partition coefficient (Wildman–Crippen LogP) is 2.32. The third-order valence-electron chi connectivity index (χ3n) is 7.19. The number of aliphatic hydroxyl groups excluding tert-OH is 1. The molecule has 0 aromatic rings. The summed E-state index contributed by atoms with van der Waals surface area (Å²) >= 11 is 0. The van der Waals surface area contributed by atoms with Gasteiger partial charge >= 0.3 is 6.09 Å². The zero-order valence-electron chi connectivity index (χ0n) is 24.9. The number of hydrogen-bond donors (Lipinski definition) is 4. The van der Waals surface area contributed by atoms with Gasteiger partial charge in [0, 0.05) is 43.9 Å². The summed E-state index contributed by atoms with van der Waals surface area (Å²) in [6, 6.07) is 0. The van der Waals surface area contributed by atoms with E-state index in [-0.39, 0.29) is 41.4 Å². The van der Waals surface area contributed by atoms with Gasteiger partial charge in [-0.15, -0.1) is 0 Å². The molecule has 0 saturated heterocycles. The van der Waals surface area contributed by atoms with Crippen molar-refractivity contribution in [2.45, 2.75) is 65.0 Å². The van der Waals surface area contributed by atoms with Crippen molar-refractivity contribution in [1.82, 2.24) is 10.6 Å².